The molecule has 6 heteroatoms. The van der Waals surface area contributed by atoms with Crippen molar-refractivity contribution in [3.8, 4) is 0 Å². The summed E-state index contributed by atoms with van der Waals surface area (Å²) in [7, 11) is 0. The largest absolute Gasteiger partial charge is 0.445 e. The Morgan fingerprint density at radius 3 is 2.94 bits per heavy atom. The Hall–Kier alpha value is -1.98. The molecule has 0 bridgehead atoms. The van der Waals surface area contributed by atoms with E-state index in [0.29, 0.717) is 24.8 Å². The van der Waals surface area contributed by atoms with Gasteiger partial charge in [0.1, 0.15) is 12.4 Å². The molecule has 0 radical (unpaired) electrons. The SMILES string of the molecule is C=CCOC(=O)N1CCC(c2cc(N)[nH]n2)CC1. The Balaban J connectivity index is 1.84. The summed E-state index contributed by atoms with van der Waals surface area (Å²) in [6, 6.07) is 1.86. The lowest BCUT2D eigenvalue weighted by atomic mass is 9.94. The molecule has 0 atom stereocenters. The van der Waals surface area contributed by atoms with Gasteiger partial charge in [-0.25, -0.2) is 4.79 Å². The number of anilines is 1. The molecule has 0 aromatic carbocycles. The van der Waals surface area contributed by atoms with Crippen molar-refractivity contribution in [2.24, 2.45) is 0 Å². The number of amides is 1. The standard InChI is InChI=1S/C12H18N4O2/c1-2-7-18-12(17)16-5-3-9(4-6-16)10-8-11(13)15-14-10/h2,8-9H,1,3-7H2,(H3,13,14,15). The molecule has 0 aliphatic carbocycles. The Labute approximate surface area is 106 Å². The quantitative estimate of drug-likeness (QED) is 0.796. The molecule has 1 aliphatic rings. The first-order chi connectivity index (χ1) is 8.70. The Kier molecular flexibility index (Phi) is 3.86. The summed E-state index contributed by atoms with van der Waals surface area (Å²) in [5.74, 6) is 0.944. The lowest BCUT2D eigenvalue weighted by Crippen LogP contribution is -2.38. The van der Waals surface area contributed by atoms with Gasteiger partial charge in [0.15, 0.2) is 0 Å². The van der Waals surface area contributed by atoms with Crippen molar-refractivity contribution in [1.82, 2.24) is 15.1 Å². The van der Waals surface area contributed by atoms with Gasteiger partial charge in [0.2, 0.25) is 0 Å². The van der Waals surface area contributed by atoms with Crippen molar-refractivity contribution < 1.29 is 9.53 Å². The number of hydrogen-bond donors (Lipinski definition) is 2. The van der Waals surface area contributed by atoms with E-state index in [2.05, 4.69) is 16.8 Å². The Morgan fingerprint density at radius 1 is 1.67 bits per heavy atom. The highest BCUT2D eigenvalue weighted by molar-refractivity contribution is 5.67. The summed E-state index contributed by atoms with van der Waals surface area (Å²) < 4.78 is 5.00. The zero-order chi connectivity index (χ0) is 13.0. The van der Waals surface area contributed by atoms with Crippen LogP contribution in [0.1, 0.15) is 24.5 Å². The van der Waals surface area contributed by atoms with Crippen LogP contribution in [0.5, 0.6) is 0 Å². The minimum Gasteiger partial charge on any atom is -0.445 e. The van der Waals surface area contributed by atoms with Gasteiger partial charge in [-0.3, -0.25) is 5.10 Å². The van der Waals surface area contributed by atoms with Gasteiger partial charge in [-0.1, -0.05) is 12.7 Å². The van der Waals surface area contributed by atoms with Crippen LogP contribution in [-0.2, 0) is 4.74 Å². The van der Waals surface area contributed by atoms with Gasteiger partial charge < -0.3 is 15.4 Å². The van der Waals surface area contributed by atoms with Gasteiger partial charge in [-0.15, -0.1) is 0 Å². The molecule has 1 saturated heterocycles. The monoisotopic (exact) mass is 250 g/mol. The number of aromatic nitrogens is 2. The summed E-state index contributed by atoms with van der Waals surface area (Å²) in [4.78, 5) is 13.3. The third-order valence-electron chi connectivity index (χ3n) is 3.11. The molecule has 98 valence electrons. The average molecular weight is 250 g/mol. The number of nitrogens with one attached hydrogen (secondary N) is 1. The third-order valence-corrected chi connectivity index (χ3v) is 3.11. The predicted octanol–water partition coefficient (Wildman–Crippen LogP) is 1.49. The van der Waals surface area contributed by atoms with Crippen LogP contribution in [0.25, 0.3) is 0 Å². The molecular formula is C12H18N4O2. The van der Waals surface area contributed by atoms with E-state index in [9.17, 15) is 4.79 Å². The highest BCUT2D eigenvalue weighted by Gasteiger charge is 2.25. The molecule has 18 heavy (non-hydrogen) atoms. The fraction of sp³-hybridized carbons (Fsp3) is 0.500. The van der Waals surface area contributed by atoms with Crippen molar-refractivity contribution in [1.29, 1.82) is 0 Å². The van der Waals surface area contributed by atoms with Crippen LogP contribution in [0.15, 0.2) is 18.7 Å². The summed E-state index contributed by atoms with van der Waals surface area (Å²) in [6.45, 7) is 5.15. The molecule has 3 N–H and O–H groups in total. The molecule has 0 saturated carbocycles. The summed E-state index contributed by atoms with van der Waals surface area (Å²) in [6.07, 6.45) is 3.06. The van der Waals surface area contributed by atoms with E-state index in [0.717, 1.165) is 18.5 Å². The van der Waals surface area contributed by atoms with Crippen LogP contribution in [0.2, 0.25) is 0 Å². The fourth-order valence-electron chi connectivity index (χ4n) is 2.14. The number of H-pyrrole nitrogens is 1. The average Bonchev–Trinajstić information content (AvgIpc) is 2.83. The topological polar surface area (TPSA) is 84.2 Å². The molecule has 1 aliphatic heterocycles. The number of nitrogen functional groups attached to an aromatic ring is 1. The molecule has 1 aromatic heterocycles. The van der Waals surface area contributed by atoms with Crippen LogP contribution in [0, 0.1) is 0 Å². The number of piperidine rings is 1. The van der Waals surface area contributed by atoms with Crippen molar-refractivity contribution in [3.63, 3.8) is 0 Å². The third kappa shape index (κ3) is 2.82. The van der Waals surface area contributed by atoms with E-state index < -0.39 is 0 Å². The first kappa shape index (κ1) is 12.5. The number of ether oxygens (including phenoxy) is 1. The van der Waals surface area contributed by atoms with Crippen LogP contribution in [0.3, 0.4) is 0 Å². The number of carbonyl (C=O) groups is 1. The zero-order valence-corrected chi connectivity index (χ0v) is 10.3. The smallest absolute Gasteiger partial charge is 0.410 e. The minimum atomic E-state index is -0.269. The number of nitrogens with zero attached hydrogens (tertiary/aromatic N) is 2. The van der Waals surface area contributed by atoms with Crippen molar-refractivity contribution in [2.45, 2.75) is 18.8 Å². The molecule has 2 heterocycles. The molecule has 0 spiro atoms. The van der Waals surface area contributed by atoms with Gasteiger partial charge in [0, 0.05) is 25.1 Å². The van der Waals surface area contributed by atoms with E-state index in [1.807, 2.05) is 6.07 Å². The maximum atomic E-state index is 11.6. The number of carbonyl (C=O) groups excluding carboxylic acids is 1. The number of rotatable bonds is 3. The molecular weight excluding hydrogens is 232 g/mol. The number of aromatic amines is 1. The first-order valence-corrected chi connectivity index (χ1v) is 6.04. The second-order valence-electron chi connectivity index (χ2n) is 4.38. The summed E-state index contributed by atoms with van der Waals surface area (Å²) >= 11 is 0. The molecule has 6 nitrogen and oxygen atoms in total. The lowest BCUT2D eigenvalue weighted by molar-refractivity contribution is 0.102. The summed E-state index contributed by atoms with van der Waals surface area (Å²) in [5.41, 5.74) is 6.58. The second-order valence-corrected chi connectivity index (χ2v) is 4.38. The Morgan fingerprint density at radius 2 is 2.39 bits per heavy atom. The maximum absolute atomic E-state index is 11.6. The van der Waals surface area contributed by atoms with Gasteiger partial charge in [-0.05, 0) is 12.8 Å². The maximum Gasteiger partial charge on any atom is 0.410 e. The van der Waals surface area contributed by atoms with Gasteiger partial charge in [-0.2, -0.15) is 5.10 Å². The van der Waals surface area contributed by atoms with E-state index >= 15 is 0 Å². The Bertz CT molecular complexity index is 421. The predicted molar refractivity (Wildman–Crippen MR) is 68.1 cm³/mol. The first-order valence-electron chi connectivity index (χ1n) is 6.04. The number of hydrogen-bond acceptors (Lipinski definition) is 4. The molecule has 1 fully saturated rings. The highest BCUT2D eigenvalue weighted by atomic mass is 16.6. The van der Waals surface area contributed by atoms with Crippen molar-refractivity contribution in [2.75, 3.05) is 25.4 Å². The lowest BCUT2D eigenvalue weighted by Gasteiger charge is -2.30. The number of likely N-dealkylation sites (tertiary alicyclic amines) is 1. The van der Waals surface area contributed by atoms with Crippen LogP contribution in [-0.4, -0.2) is 40.9 Å². The van der Waals surface area contributed by atoms with Crippen molar-refractivity contribution in [3.05, 3.63) is 24.4 Å². The molecule has 2 rings (SSSR count). The summed E-state index contributed by atoms with van der Waals surface area (Å²) in [5, 5.41) is 6.90. The fourth-order valence-corrected chi connectivity index (χ4v) is 2.14. The second kappa shape index (κ2) is 5.57. The normalized spacial score (nSPS) is 16.6. The molecule has 0 unspecified atom stereocenters. The van der Waals surface area contributed by atoms with E-state index in [-0.39, 0.29) is 12.7 Å². The van der Waals surface area contributed by atoms with E-state index in [1.165, 1.54) is 0 Å². The van der Waals surface area contributed by atoms with Gasteiger partial charge in [0.25, 0.3) is 0 Å². The van der Waals surface area contributed by atoms with Crippen LogP contribution >= 0.6 is 0 Å². The van der Waals surface area contributed by atoms with Crippen molar-refractivity contribution >= 4 is 11.9 Å². The number of nitrogens with two attached hydrogens (primary N) is 1. The molecule has 1 amide bonds. The van der Waals surface area contributed by atoms with E-state index in [4.69, 9.17) is 10.5 Å². The van der Waals surface area contributed by atoms with Gasteiger partial charge in [0.05, 0.1) is 5.69 Å². The minimum absolute atomic E-state index is 0.259. The van der Waals surface area contributed by atoms with Gasteiger partial charge >= 0.3 is 6.09 Å². The van der Waals surface area contributed by atoms with Crippen LogP contribution < -0.4 is 5.73 Å². The van der Waals surface area contributed by atoms with E-state index in [1.54, 1.807) is 11.0 Å². The van der Waals surface area contributed by atoms with Crippen LogP contribution in [0.4, 0.5) is 10.6 Å². The highest BCUT2D eigenvalue weighted by Crippen LogP contribution is 2.27. The molecule has 1 aromatic rings. The zero-order valence-electron chi connectivity index (χ0n) is 10.3.